The number of hydrogen-bond donors (Lipinski definition) is 1. The highest BCUT2D eigenvalue weighted by atomic mass is 35.5. The summed E-state index contributed by atoms with van der Waals surface area (Å²) in [5, 5.41) is 9.66. The maximum atomic E-state index is 13.2. The molecule has 0 aliphatic carbocycles. The van der Waals surface area contributed by atoms with Gasteiger partial charge in [0.2, 0.25) is 10.0 Å². The highest BCUT2D eigenvalue weighted by Gasteiger charge is 2.24. The van der Waals surface area contributed by atoms with E-state index >= 15 is 0 Å². The number of hydrogen-bond acceptors (Lipinski definition) is 4. The summed E-state index contributed by atoms with van der Waals surface area (Å²) in [6, 6.07) is 19.7. The van der Waals surface area contributed by atoms with Crippen molar-refractivity contribution in [1.82, 2.24) is 9.29 Å². The predicted molar refractivity (Wildman–Crippen MR) is 114 cm³/mol. The van der Waals surface area contributed by atoms with Crippen molar-refractivity contribution in [1.29, 1.82) is 0 Å². The summed E-state index contributed by atoms with van der Waals surface area (Å²) in [6.07, 6.45) is 3.03. The highest BCUT2D eigenvalue weighted by Crippen LogP contribution is 2.21. The molecule has 0 unspecified atom stereocenters. The first-order chi connectivity index (χ1) is 14.0. The Bertz CT molecular complexity index is 1010. The Morgan fingerprint density at radius 2 is 1.66 bits per heavy atom. The number of rotatable bonds is 9. The van der Waals surface area contributed by atoms with Crippen LogP contribution in [0.4, 0.5) is 0 Å². The molecule has 0 bridgehead atoms. The number of nitrogens with zero attached hydrogens (tertiary/aromatic N) is 2. The van der Waals surface area contributed by atoms with Gasteiger partial charge in [-0.3, -0.25) is 4.98 Å². The first-order valence-corrected chi connectivity index (χ1v) is 11.1. The lowest BCUT2D eigenvalue weighted by molar-refractivity contribution is 0.281. The van der Waals surface area contributed by atoms with Crippen LogP contribution in [0.3, 0.4) is 0 Å². The van der Waals surface area contributed by atoms with E-state index in [9.17, 15) is 13.5 Å². The molecule has 152 valence electrons. The summed E-state index contributed by atoms with van der Waals surface area (Å²) in [6.45, 7) is 0.423. The zero-order chi connectivity index (χ0) is 20.7. The second-order valence-electron chi connectivity index (χ2n) is 6.70. The number of halogens is 1. The van der Waals surface area contributed by atoms with Crippen molar-refractivity contribution in [3.05, 3.63) is 94.8 Å². The summed E-state index contributed by atoms with van der Waals surface area (Å²) < 4.78 is 27.9. The normalized spacial score (nSPS) is 11.7. The average Bonchev–Trinajstić information content (AvgIpc) is 2.74. The van der Waals surface area contributed by atoms with E-state index in [-0.39, 0.29) is 18.0 Å². The van der Waals surface area contributed by atoms with Crippen molar-refractivity contribution in [2.24, 2.45) is 0 Å². The van der Waals surface area contributed by atoms with Crippen LogP contribution in [0.1, 0.15) is 23.2 Å². The van der Waals surface area contributed by atoms with Crippen LogP contribution in [0.2, 0.25) is 5.02 Å². The van der Waals surface area contributed by atoms with Gasteiger partial charge in [0, 0.05) is 17.8 Å². The molecule has 29 heavy (non-hydrogen) atoms. The molecule has 1 heterocycles. The molecule has 1 N–H and O–H groups in total. The molecule has 1 aromatic heterocycles. The molecule has 0 atom stereocenters. The van der Waals surface area contributed by atoms with Gasteiger partial charge in [0.1, 0.15) is 0 Å². The number of aliphatic hydroxyl groups excluding tert-OH is 1. The molecule has 0 saturated carbocycles. The summed E-state index contributed by atoms with van der Waals surface area (Å²) in [5.74, 6) is 0. The Morgan fingerprint density at radius 3 is 2.28 bits per heavy atom. The maximum absolute atomic E-state index is 13.2. The van der Waals surface area contributed by atoms with Crippen LogP contribution in [-0.2, 0) is 29.6 Å². The number of aryl methyl sites for hydroxylation is 1. The topological polar surface area (TPSA) is 70.5 Å². The summed E-state index contributed by atoms with van der Waals surface area (Å²) in [5.41, 5.74) is 2.48. The van der Waals surface area contributed by atoms with Crippen LogP contribution in [0, 0.1) is 0 Å². The van der Waals surface area contributed by atoms with Crippen LogP contribution in [0.5, 0.6) is 0 Å². The monoisotopic (exact) mass is 430 g/mol. The van der Waals surface area contributed by atoms with E-state index in [0.29, 0.717) is 29.2 Å². The van der Waals surface area contributed by atoms with Crippen LogP contribution in [-0.4, -0.2) is 29.4 Å². The molecule has 0 spiro atoms. The third-order valence-corrected chi connectivity index (χ3v) is 6.69. The molecule has 5 nitrogen and oxygen atoms in total. The van der Waals surface area contributed by atoms with E-state index in [4.69, 9.17) is 11.6 Å². The van der Waals surface area contributed by atoms with Gasteiger partial charge in [-0.15, -0.1) is 0 Å². The van der Waals surface area contributed by atoms with Crippen molar-refractivity contribution in [2.75, 3.05) is 6.54 Å². The van der Waals surface area contributed by atoms with Crippen LogP contribution < -0.4 is 0 Å². The molecule has 0 saturated heterocycles. The first-order valence-electron chi connectivity index (χ1n) is 9.33. The molecule has 3 rings (SSSR count). The number of aliphatic hydroxyl groups is 1. The standard InChI is InChI=1S/C22H23ClN2O3S/c23-20-9-12-22(13-10-20)29(27,28)25(14-4-7-18-5-2-1-3-6-18)16-21-11-8-19(17-26)15-24-21/h1-3,5-6,8-13,15,26H,4,7,14,16-17H2. The quantitative estimate of drug-likeness (QED) is 0.556. The predicted octanol–water partition coefficient (Wildman–Crippen LogP) is 4.05. The molecule has 7 heteroatoms. The van der Waals surface area contributed by atoms with Gasteiger partial charge >= 0.3 is 0 Å². The Labute approximate surface area is 176 Å². The van der Waals surface area contributed by atoms with Crippen molar-refractivity contribution in [2.45, 2.75) is 30.9 Å². The lowest BCUT2D eigenvalue weighted by atomic mass is 10.1. The molecule has 0 amide bonds. The minimum atomic E-state index is -3.70. The minimum Gasteiger partial charge on any atom is -0.392 e. The minimum absolute atomic E-state index is 0.100. The smallest absolute Gasteiger partial charge is 0.243 e. The zero-order valence-electron chi connectivity index (χ0n) is 15.9. The Morgan fingerprint density at radius 1 is 0.931 bits per heavy atom. The van der Waals surface area contributed by atoms with Gasteiger partial charge in [-0.1, -0.05) is 48.0 Å². The van der Waals surface area contributed by atoms with E-state index in [2.05, 4.69) is 4.98 Å². The third kappa shape index (κ3) is 5.87. The van der Waals surface area contributed by atoms with Crippen molar-refractivity contribution >= 4 is 21.6 Å². The fourth-order valence-electron chi connectivity index (χ4n) is 2.97. The van der Waals surface area contributed by atoms with E-state index < -0.39 is 10.0 Å². The van der Waals surface area contributed by atoms with Gasteiger partial charge in [0.05, 0.1) is 23.7 Å². The Hall–Kier alpha value is -2.25. The van der Waals surface area contributed by atoms with Gasteiger partial charge in [-0.05, 0) is 54.3 Å². The van der Waals surface area contributed by atoms with Crippen LogP contribution in [0.25, 0.3) is 0 Å². The van der Waals surface area contributed by atoms with E-state index in [0.717, 1.165) is 6.42 Å². The van der Waals surface area contributed by atoms with Gasteiger partial charge in [0.15, 0.2) is 0 Å². The van der Waals surface area contributed by atoms with Gasteiger partial charge < -0.3 is 5.11 Å². The second-order valence-corrected chi connectivity index (χ2v) is 9.07. The molecule has 0 aliphatic heterocycles. The van der Waals surface area contributed by atoms with Crippen molar-refractivity contribution in [3.8, 4) is 0 Å². The van der Waals surface area contributed by atoms with Crippen molar-refractivity contribution in [3.63, 3.8) is 0 Å². The number of pyridine rings is 1. The molecular formula is C22H23ClN2O3S. The summed E-state index contributed by atoms with van der Waals surface area (Å²) in [7, 11) is -3.70. The lowest BCUT2D eigenvalue weighted by Gasteiger charge is -2.22. The molecule has 0 aliphatic rings. The first kappa shape index (κ1) is 21.5. The molecule has 0 radical (unpaired) electrons. The van der Waals surface area contributed by atoms with E-state index in [1.54, 1.807) is 30.5 Å². The molecule has 0 fully saturated rings. The second kappa shape index (κ2) is 9.98. The largest absolute Gasteiger partial charge is 0.392 e. The van der Waals surface area contributed by atoms with Gasteiger partial charge in [-0.2, -0.15) is 4.31 Å². The van der Waals surface area contributed by atoms with Crippen LogP contribution >= 0.6 is 11.6 Å². The molecule has 2 aromatic carbocycles. The SMILES string of the molecule is O=S(=O)(c1ccc(Cl)cc1)N(CCCc1ccccc1)Cc1ccc(CO)cn1. The maximum Gasteiger partial charge on any atom is 0.243 e. The highest BCUT2D eigenvalue weighted by molar-refractivity contribution is 7.89. The fraction of sp³-hybridized carbons (Fsp3) is 0.227. The lowest BCUT2D eigenvalue weighted by Crippen LogP contribution is -2.32. The third-order valence-electron chi connectivity index (χ3n) is 4.57. The Balaban J connectivity index is 1.80. The average molecular weight is 431 g/mol. The number of aromatic nitrogens is 1. The van der Waals surface area contributed by atoms with Crippen LogP contribution in [0.15, 0.2) is 77.8 Å². The number of sulfonamides is 1. The zero-order valence-corrected chi connectivity index (χ0v) is 17.5. The van der Waals surface area contributed by atoms with Crippen molar-refractivity contribution < 1.29 is 13.5 Å². The molecule has 3 aromatic rings. The summed E-state index contributed by atoms with van der Waals surface area (Å²) >= 11 is 5.91. The van der Waals surface area contributed by atoms with E-state index in [1.807, 2.05) is 30.3 Å². The van der Waals surface area contributed by atoms with Gasteiger partial charge in [-0.25, -0.2) is 8.42 Å². The fourth-order valence-corrected chi connectivity index (χ4v) is 4.54. The van der Waals surface area contributed by atoms with E-state index in [1.165, 1.54) is 22.0 Å². The summed E-state index contributed by atoms with van der Waals surface area (Å²) in [4.78, 5) is 4.49. The number of benzene rings is 2. The van der Waals surface area contributed by atoms with Gasteiger partial charge in [0.25, 0.3) is 0 Å². The Kier molecular flexibility index (Phi) is 7.39. The molecular weight excluding hydrogens is 408 g/mol.